The summed E-state index contributed by atoms with van der Waals surface area (Å²) in [7, 11) is 1.39. The topological polar surface area (TPSA) is 42.1 Å². The number of aromatic amines is 1. The van der Waals surface area contributed by atoms with Crippen LogP contribution in [0.4, 0.5) is 0 Å². The van der Waals surface area contributed by atoms with Crippen molar-refractivity contribution >= 4 is 32.8 Å². The van der Waals surface area contributed by atoms with Gasteiger partial charge in [-0.3, -0.25) is 0 Å². The molecule has 1 N–H and O–H groups in total. The van der Waals surface area contributed by atoms with E-state index in [1.54, 1.807) is 0 Å². The van der Waals surface area contributed by atoms with E-state index in [0.29, 0.717) is 5.56 Å². The molecule has 78 valence electrons. The number of fused-ring (bicyclic) bond motifs is 1. The van der Waals surface area contributed by atoms with Gasteiger partial charge in [0, 0.05) is 15.6 Å². The summed E-state index contributed by atoms with van der Waals surface area (Å²) < 4.78 is 5.69. The average Bonchev–Trinajstić information content (AvgIpc) is 2.55. The number of aryl methyl sites for hydroxylation is 1. The molecule has 0 aliphatic carbocycles. The van der Waals surface area contributed by atoms with Gasteiger partial charge in [0.2, 0.25) is 0 Å². The van der Waals surface area contributed by atoms with E-state index in [-0.39, 0.29) is 5.97 Å². The molecule has 0 saturated heterocycles. The molecule has 0 saturated carbocycles. The van der Waals surface area contributed by atoms with E-state index in [4.69, 9.17) is 4.74 Å². The Labute approximate surface area is 95.6 Å². The molecule has 15 heavy (non-hydrogen) atoms. The number of hydrogen-bond acceptors (Lipinski definition) is 2. The van der Waals surface area contributed by atoms with E-state index in [9.17, 15) is 4.79 Å². The predicted molar refractivity (Wildman–Crippen MR) is 62.1 cm³/mol. The SMILES string of the molecule is COC(=O)c1c(C)[nH]c2c(Br)cccc12. The summed E-state index contributed by atoms with van der Waals surface area (Å²) in [4.78, 5) is 14.7. The minimum Gasteiger partial charge on any atom is -0.465 e. The summed E-state index contributed by atoms with van der Waals surface area (Å²) in [5.41, 5.74) is 2.35. The standard InChI is InChI=1S/C11H10BrNO2/c1-6-9(11(14)15-2)7-4-3-5-8(12)10(7)13-6/h3-5,13H,1-2H3. The minimum atomic E-state index is -0.308. The maximum atomic E-state index is 11.6. The Bertz CT molecular complexity index is 531. The first-order valence-electron chi connectivity index (χ1n) is 4.50. The van der Waals surface area contributed by atoms with E-state index in [1.807, 2.05) is 25.1 Å². The molecule has 0 amide bonds. The van der Waals surface area contributed by atoms with Crippen molar-refractivity contribution in [3.63, 3.8) is 0 Å². The molecule has 1 aromatic heterocycles. The third kappa shape index (κ3) is 1.55. The first-order valence-corrected chi connectivity index (χ1v) is 5.29. The zero-order chi connectivity index (χ0) is 11.0. The van der Waals surface area contributed by atoms with Crippen LogP contribution in [0.3, 0.4) is 0 Å². The van der Waals surface area contributed by atoms with Gasteiger partial charge in [0.05, 0.1) is 18.2 Å². The lowest BCUT2D eigenvalue weighted by Crippen LogP contribution is -2.01. The Hall–Kier alpha value is -1.29. The molecule has 0 bridgehead atoms. The van der Waals surface area contributed by atoms with Crippen molar-refractivity contribution in [2.45, 2.75) is 6.92 Å². The van der Waals surface area contributed by atoms with Crippen molar-refractivity contribution in [3.8, 4) is 0 Å². The van der Waals surface area contributed by atoms with Gasteiger partial charge in [-0.25, -0.2) is 4.79 Å². The Morgan fingerprint density at radius 2 is 2.20 bits per heavy atom. The monoisotopic (exact) mass is 267 g/mol. The van der Waals surface area contributed by atoms with E-state index >= 15 is 0 Å². The second kappa shape index (κ2) is 3.70. The Balaban J connectivity index is 2.79. The van der Waals surface area contributed by atoms with Gasteiger partial charge in [0.25, 0.3) is 0 Å². The lowest BCUT2D eigenvalue weighted by Gasteiger charge is -1.98. The second-order valence-electron chi connectivity index (χ2n) is 3.28. The van der Waals surface area contributed by atoms with Crippen LogP contribution in [-0.2, 0) is 4.74 Å². The van der Waals surface area contributed by atoms with Gasteiger partial charge < -0.3 is 9.72 Å². The van der Waals surface area contributed by atoms with E-state index < -0.39 is 0 Å². The van der Waals surface area contributed by atoms with Crippen LogP contribution >= 0.6 is 15.9 Å². The number of esters is 1. The molecular formula is C11H10BrNO2. The number of hydrogen-bond donors (Lipinski definition) is 1. The summed E-state index contributed by atoms with van der Waals surface area (Å²) in [5, 5.41) is 0.883. The molecule has 0 spiro atoms. The Morgan fingerprint density at radius 3 is 2.87 bits per heavy atom. The van der Waals surface area contributed by atoms with Crippen molar-refractivity contribution in [3.05, 3.63) is 33.9 Å². The van der Waals surface area contributed by atoms with Crippen LogP contribution in [-0.4, -0.2) is 18.1 Å². The smallest absolute Gasteiger partial charge is 0.340 e. The molecule has 0 unspecified atom stereocenters. The molecule has 0 fully saturated rings. The van der Waals surface area contributed by atoms with E-state index in [1.165, 1.54) is 7.11 Å². The molecule has 4 heteroatoms. The van der Waals surface area contributed by atoms with Gasteiger partial charge in [-0.1, -0.05) is 12.1 Å². The molecule has 1 heterocycles. The van der Waals surface area contributed by atoms with E-state index in [0.717, 1.165) is 21.1 Å². The number of carbonyl (C=O) groups excluding carboxylic acids is 1. The normalized spacial score (nSPS) is 10.6. The fraction of sp³-hybridized carbons (Fsp3) is 0.182. The van der Waals surface area contributed by atoms with Crippen molar-refractivity contribution < 1.29 is 9.53 Å². The number of H-pyrrole nitrogens is 1. The maximum absolute atomic E-state index is 11.6. The number of halogens is 1. The lowest BCUT2D eigenvalue weighted by atomic mass is 10.1. The molecule has 2 rings (SSSR count). The largest absolute Gasteiger partial charge is 0.465 e. The molecule has 1 aromatic carbocycles. The van der Waals surface area contributed by atoms with Crippen LogP contribution in [0, 0.1) is 6.92 Å². The second-order valence-corrected chi connectivity index (χ2v) is 4.13. The van der Waals surface area contributed by atoms with Gasteiger partial charge >= 0.3 is 5.97 Å². The fourth-order valence-electron chi connectivity index (χ4n) is 1.68. The highest BCUT2D eigenvalue weighted by molar-refractivity contribution is 9.10. The molecule has 2 aromatic rings. The van der Waals surface area contributed by atoms with Crippen LogP contribution in [0.2, 0.25) is 0 Å². The number of rotatable bonds is 1. The fourth-order valence-corrected chi connectivity index (χ4v) is 2.14. The van der Waals surface area contributed by atoms with Crippen LogP contribution in [0.15, 0.2) is 22.7 Å². The van der Waals surface area contributed by atoms with Crippen LogP contribution in [0.1, 0.15) is 16.1 Å². The van der Waals surface area contributed by atoms with Crippen molar-refractivity contribution in [2.24, 2.45) is 0 Å². The molecule has 3 nitrogen and oxygen atoms in total. The number of benzene rings is 1. The highest BCUT2D eigenvalue weighted by atomic mass is 79.9. The number of ether oxygens (including phenoxy) is 1. The number of carbonyl (C=O) groups is 1. The first-order chi connectivity index (χ1) is 7.15. The van der Waals surface area contributed by atoms with Crippen LogP contribution in [0.5, 0.6) is 0 Å². The quantitative estimate of drug-likeness (QED) is 0.808. The van der Waals surface area contributed by atoms with Gasteiger partial charge in [-0.2, -0.15) is 0 Å². The zero-order valence-electron chi connectivity index (χ0n) is 8.43. The minimum absolute atomic E-state index is 0.308. The molecule has 0 radical (unpaired) electrons. The van der Waals surface area contributed by atoms with Gasteiger partial charge in [-0.05, 0) is 28.9 Å². The molecule has 0 aliphatic rings. The van der Waals surface area contributed by atoms with E-state index in [2.05, 4.69) is 20.9 Å². The van der Waals surface area contributed by atoms with Crippen LogP contribution in [0.25, 0.3) is 10.9 Å². The van der Waals surface area contributed by atoms with Gasteiger partial charge in [-0.15, -0.1) is 0 Å². The van der Waals surface area contributed by atoms with Crippen molar-refractivity contribution in [2.75, 3.05) is 7.11 Å². The van der Waals surface area contributed by atoms with Gasteiger partial charge in [0.1, 0.15) is 0 Å². The van der Waals surface area contributed by atoms with Crippen molar-refractivity contribution in [1.29, 1.82) is 0 Å². The zero-order valence-corrected chi connectivity index (χ0v) is 10.0. The highest BCUT2D eigenvalue weighted by Gasteiger charge is 2.17. The lowest BCUT2D eigenvalue weighted by molar-refractivity contribution is 0.0602. The van der Waals surface area contributed by atoms with Crippen LogP contribution < -0.4 is 0 Å². The summed E-state index contributed by atoms with van der Waals surface area (Å²) in [6.07, 6.45) is 0. The number of methoxy groups -OCH3 is 1. The molecule has 0 aliphatic heterocycles. The van der Waals surface area contributed by atoms with Gasteiger partial charge in [0.15, 0.2) is 0 Å². The summed E-state index contributed by atoms with van der Waals surface area (Å²) >= 11 is 3.43. The first kappa shape index (κ1) is 10.2. The highest BCUT2D eigenvalue weighted by Crippen LogP contribution is 2.28. The Kier molecular flexibility index (Phi) is 2.52. The maximum Gasteiger partial charge on any atom is 0.340 e. The number of aromatic nitrogens is 1. The predicted octanol–water partition coefficient (Wildman–Crippen LogP) is 3.03. The Morgan fingerprint density at radius 1 is 1.47 bits per heavy atom. The summed E-state index contributed by atoms with van der Waals surface area (Å²) in [5.74, 6) is -0.308. The third-order valence-electron chi connectivity index (χ3n) is 2.36. The third-order valence-corrected chi connectivity index (χ3v) is 3.02. The molecule has 0 atom stereocenters. The number of para-hydroxylation sites is 1. The summed E-state index contributed by atoms with van der Waals surface area (Å²) in [6, 6.07) is 5.72. The molecular weight excluding hydrogens is 258 g/mol. The average molecular weight is 268 g/mol. The van der Waals surface area contributed by atoms with Crippen molar-refractivity contribution in [1.82, 2.24) is 4.98 Å². The number of nitrogens with one attached hydrogen (secondary N) is 1. The summed E-state index contributed by atoms with van der Waals surface area (Å²) in [6.45, 7) is 1.86.